The molecule has 0 saturated heterocycles. The molecule has 3 atom stereocenters. The maximum absolute atomic E-state index is 13.0. The highest BCUT2D eigenvalue weighted by atomic mass is 35.5. The number of hydrogen-bond acceptors (Lipinski definition) is 5. The van der Waals surface area contributed by atoms with E-state index in [2.05, 4.69) is 10.6 Å². The van der Waals surface area contributed by atoms with E-state index in [1.165, 1.54) is 4.90 Å². The lowest BCUT2D eigenvalue weighted by molar-refractivity contribution is -0.139. The van der Waals surface area contributed by atoms with Gasteiger partial charge in [-0.25, -0.2) is 4.79 Å². The third kappa shape index (κ3) is 6.73. The molecule has 1 aliphatic rings. The molecule has 0 aromatic heterocycles. The molecule has 0 saturated carbocycles. The number of nitrogen functional groups attached to an aromatic ring is 1. The predicted octanol–water partition coefficient (Wildman–Crippen LogP) is 1.92. The fourth-order valence-corrected chi connectivity index (χ4v) is 4.04. The van der Waals surface area contributed by atoms with Crippen LogP contribution in [0.5, 0.6) is 0 Å². The Bertz CT molecular complexity index is 1080. The van der Waals surface area contributed by atoms with Crippen molar-refractivity contribution in [2.45, 2.75) is 45.2 Å². The van der Waals surface area contributed by atoms with Gasteiger partial charge in [-0.15, -0.1) is 12.4 Å². The van der Waals surface area contributed by atoms with Crippen molar-refractivity contribution < 1.29 is 24.3 Å². The molecule has 9 nitrogen and oxygen atoms in total. The summed E-state index contributed by atoms with van der Waals surface area (Å²) in [7, 11) is 0. The first-order valence-electron chi connectivity index (χ1n) is 11.3. The third-order valence-electron chi connectivity index (χ3n) is 6.08. The van der Waals surface area contributed by atoms with Crippen LogP contribution in [0.4, 0.5) is 11.4 Å². The summed E-state index contributed by atoms with van der Waals surface area (Å²) in [5.74, 6) is -2.65. The number of nitrogens with one attached hydrogen (secondary N) is 2. The van der Waals surface area contributed by atoms with Gasteiger partial charge in [0.2, 0.25) is 17.7 Å². The SMILES string of the molecule is CC[C@H](C)[C@H](NC(=O)Cc1ccccc1)C(=O)NCC(=O)N1c2ccc(N)cc2C[C@H]1C(=O)O.Cl. The number of nitrogens with two attached hydrogens (primary N) is 1. The van der Waals surface area contributed by atoms with Crippen LogP contribution in [0.2, 0.25) is 0 Å². The van der Waals surface area contributed by atoms with E-state index in [1.807, 2.05) is 44.2 Å². The average Bonchev–Trinajstić information content (AvgIpc) is 3.20. The van der Waals surface area contributed by atoms with Gasteiger partial charge in [0.25, 0.3) is 0 Å². The van der Waals surface area contributed by atoms with Crippen LogP contribution < -0.4 is 21.3 Å². The fraction of sp³-hybridized carbons (Fsp3) is 0.360. The molecular weight excluding hydrogens is 472 g/mol. The van der Waals surface area contributed by atoms with Gasteiger partial charge in [-0.3, -0.25) is 19.3 Å². The summed E-state index contributed by atoms with van der Waals surface area (Å²) in [5.41, 5.74) is 8.23. The van der Waals surface area contributed by atoms with Crippen LogP contribution in [0.15, 0.2) is 48.5 Å². The second-order valence-electron chi connectivity index (χ2n) is 8.52. The Balaban J connectivity index is 0.00000432. The lowest BCUT2D eigenvalue weighted by atomic mass is 9.98. The number of carboxylic acid groups (broad SMARTS) is 1. The van der Waals surface area contributed by atoms with Crippen molar-refractivity contribution >= 4 is 47.5 Å². The van der Waals surface area contributed by atoms with Gasteiger partial charge in [0.05, 0.1) is 13.0 Å². The molecule has 0 bridgehead atoms. The number of aliphatic carboxylic acids is 1. The van der Waals surface area contributed by atoms with E-state index in [0.29, 0.717) is 23.4 Å². The van der Waals surface area contributed by atoms with Crippen molar-refractivity contribution in [2.75, 3.05) is 17.2 Å². The quantitative estimate of drug-likeness (QED) is 0.386. The zero-order valence-electron chi connectivity index (χ0n) is 19.7. The van der Waals surface area contributed by atoms with E-state index in [9.17, 15) is 24.3 Å². The molecule has 0 aliphatic carbocycles. The molecule has 2 aromatic carbocycles. The number of carbonyl (C=O) groups is 4. The first-order valence-corrected chi connectivity index (χ1v) is 11.3. The fourth-order valence-electron chi connectivity index (χ4n) is 4.04. The zero-order chi connectivity index (χ0) is 24.8. The summed E-state index contributed by atoms with van der Waals surface area (Å²) in [6.45, 7) is 3.36. The second-order valence-corrected chi connectivity index (χ2v) is 8.52. The number of fused-ring (bicyclic) bond motifs is 1. The lowest BCUT2D eigenvalue weighted by Crippen LogP contribution is -2.53. The van der Waals surface area contributed by atoms with Crippen LogP contribution in [0.25, 0.3) is 0 Å². The molecule has 0 fully saturated rings. The summed E-state index contributed by atoms with van der Waals surface area (Å²) in [5, 5.41) is 15.0. The Hall–Kier alpha value is -3.59. The van der Waals surface area contributed by atoms with Gasteiger partial charge in [-0.1, -0.05) is 50.6 Å². The highest BCUT2D eigenvalue weighted by Crippen LogP contribution is 2.33. The number of amides is 3. The topological polar surface area (TPSA) is 142 Å². The maximum Gasteiger partial charge on any atom is 0.327 e. The van der Waals surface area contributed by atoms with Gasteiger partial charge in [0.15, 0.2) is 0 Å². The van der Waals surface area contributed by atoms with Crippen LogP contribution in [0, 0.1) is 5.92 Å². The van der Waals surface area contributed by atoms with Crippen molar-refractivity contribution in [3.05, 3.63) is 59.7 Å². The highest BCUT2D eigenvalue weighted by molar-refractivity contribution is 6.04. The molecule has 0 unspecified atom stereocenters. The van der Waals surface area contributed by atoms with E-state index in [0.717, 1.165) is 5.56 Å². The minimum Gasteiger partial charge on any atom is -0.480 e. The van der Waals surface area contributed by atoms with Crippen LogP contribution in [-0.4, -0.2) is 47.4 Å². The molecule has 0 radical (unpaired) electrons. The van der Waals surface area contributed by atoms with Gasteiger partial charge in [0.1, 0.15) is 12.1 Å². The maximum atomic E-state index is 13.0. The van der Waals surface area contributed by atoms with Crippen molar-refractivity contribution in [1.82, 2.24) is 10.6 Å². The van der Waals surface area contributed by atoms with Gasteiger partial charge in [0, 0.05) is 17.8 Å². The number of benzene rings is 2. The van der Waals surface area contributed by atoms with Crippen molar-refractivity contribution in [1.29, 1.82) is 0 Å². The molecule has 35 heavy (non-hydrogen) atoms. The van der Waals surface area contributed by atoms with E-state index in [1.54, 1.807) is 18.2 Å². The minimum absolute atomic E-state index is 0. The van der Waals surface area contributed by atoms with Crippen LogP contribution in [0.3, 0.4) is 0 Å². The highest BCUT2D eigenvalue weighted by Gasteiger charge is 2.38. The lowest BCUT2D eigenvalue weighted by Gasteiger charge is -2.26. The Labute approximate surface area is 210 Å². The second kappa shape index (κ2) is 12.2. The Morgan fingerprint density at radius 3 is 2.46 bits per heavy atom. The molecule has 3 rings (SSSR count). The molecule has 5 N–H and O–H groups in total. The minimum atomic E-state index is -1.14. The van der Waals surface area contributed by atoms with Gasteiger partial charge in [-0.05, 0) is 35.2 Å². The summed E-state index contributed by atoms with van der Waals surface area (Å²) in [6, 6.07) is 12.2. The van der Waals surface area contributed by atoms with Crippen molar-refractivity contribution in [2.24, 2.45) is 5.92 Å². The average molecular weight is 503 g/mol. The van der Waals surface area contributed by atoms with E-state index in [4.69, 9.17) is 5.73 Å². The standard InChI is InChI=1S/C25H30N4O5.ClH/c1-3-15(2)23(28-21(30)11-16-7-5-4-6-8-16)24(32)27-14-22(31)29-19-10-9-18(26)12-17(19)13-20(29)25(33)34;/h4-10,12,15,20,23H,3,11,13-14,26H2,1-2H3,(H,27,32)(H,28,30)(H,33,34);1H/t15-,20-,23-;/m0./s1. The van der Waals surface area contributed by atoms with E-state index < -0.39 is 36.4 Å². The van der Waals surface area contributed by atoms with Crippen LogP contribution in [-0.2, 0) is 32.0 Å². The summed E-state index contributed by atoms with van der Waals surface area (Å²) < 4.78 is 0. The predicted molar refractivity (Wildman–Crippen MR) is 135 cm³/mol. The molecule has 0 spiro atoms. The number of carboxylic acids is 1. The number of carbonyl (C=O) groups excluding carboxylic acids is 3. The number of rotatable bonds is 9. The summed E-state index contributed by atoms with van der Waals surface area (Å²) in [6.07, 6.45) is 0.911. The molecule has 10 heteroatoms. The largest absolute Gasteiger partial charge is 0.480 e. The molecule has 2 aromatic rings. The Kier molecular flexibility index (Phi) is 9.65. The van der Waals surface area contributed by atoms with E-state index in [-0.39, 0.29) is 37.1 Å². The number of anilines is 2. The smallest absolute Gasteiger partial charge is 0.327 e. The zero-order valence-corrected chi connectivity index (χ0v) is 20.5. The van der Waals surface area contributed by atoms with Crippen molar-refractivity contribution in [3.8, 4) is 0 Å². The monoisotopic (exact) mass is 502 g/mol. The van der Waals surface area contributed by atoms with E-state index >= 15 is 0 Å². The molecule has 1 aliphatic heterocycles. The van der Waals surface area contributed by atoms with Crippen LogP contribution in [0.1, 0.15) is 31.4 Å². The number of nitrogens with zero attached hydrogens (tertiary/aromatic N) is 1. The number of hydrogen-bond donors (Lipinski definition) is 4. The molecule has 188 valence electrons. The molecule has 1 heterocycles. The normalized spacial score (nSPS) is 15.8. The summed E-state index contributed by atoms with van der Waals surface area (Å²) >= 11 is 0. The molecule has 3 amide bonds. The van der Waals surface area contributed by atoms with Gasteiger partial charge < -0.3 is 21.5 Å². The van der Waals surface area contributed by atoms with Gasteiger partial charge >= 0.3 is 5.97 Å². The Morgan fingerprint density at radius 2 is 1.83 bits per heavy atom. The van der Waals surface area contributed by atoms with Crippen molar-refractivity contribution in [3.63, 3.8) is 0 Å². The Morgan fingerprint density at radius 1 is 1.14 bits per heavy atom. The first kappa shape index (κ1) is 27.7. The first-order chi connectivity index (χ1) is 16.2. The molecular formula is C25H31ClN4O5. The number of halogens is 1. The summed E-state index contributed by atoms with van der Waals surface area (Å²) in [4.78, 5) is 51.4. The van der Waals surface area contributed by atoms with Gasteiger partial charge in [-0.2, -0.15) is 0 Å². The third-order valence-corrected chi connectivity index (χ3v) is 6.08. The van der Waals surface area contributed by atoms with Crippen LogP contribution >= 0.6 is 12.4 Å².